The van der Waals surface area contributed by atoms with Crippen molar-refractivity contribution < 1.29 is 0 Å². The van der Waals surface area contributed by atoms with Crippen LogP contribution in [0.1, 0.15) is 5.69 Å². The average molecular weight is 303 g/mol. The van der Waals surface area contributed by atoms with E-state index >= 15 is 0 Å². The van der Waals surface area contributed by atoms with Crippen LogP contribution in [0.5, 0.6) is 0 Å². The highest BCUT2D eigenvalue weighted by Gasteiger charge is 2.09. The van der Waals surface area contributed by atoms with Crippen molar-refractivity contribution in [1.29, 1.82) is 0 Å². The van der Waals surface area contributed by atoms with Crippen LogP contribution in [0.4, 0.5) is 5.82 Å². The highest BCUT2D eigenvalue weighted by molar-refractivity contribution is 9.10. The van der Waals surface area contributed by atoms with E-state index in [2.05, 4.69) is 30.9 Å². The first-order valence-electron chi connectivity index (χ1n) is 4.03. The van der Waals surface area contributed by atoms with Crippen molar-refractivity contribution >= 4 is 44.8 Å². The predicted octanol–water partition coefficient (Wildman–Crippen LogP) is 2.74. The molecule has 78 valence electrons. The lowest BCUT2D eigenvalue weighted by molar-refractivity contribution is 1.03. The van der Waals surface area contributed by atoms with Crippen LogP contribution in [-0.2, 0) is 0 Å². The summed E-state index contributed by atoms with van der Waals surface area (Å²) in [5.41, 5.74) is 6.67. The first kappa shape index (κ1) is 10.8. The third kappa shape index (κ3) is 2.47. The normalized spacial score (nSPS) is 10.5. The third-order valence-corrected chi connectivity index (χ3v) is 4.67. The van der Waals surface area contributed by atoms with Gasteiger partial charge in [0.1, 0.15) is 17.2 Å². The highest BCUT2D eigenvalue weighted by Crippen LogP contribution is 2.34. The summed E-state index contributed by atoms with van der Waals surface area (Å²) >= 11 is 6.42. The molecule has 2 heterocycles. The molecule has 0 aliphatic heterocycles. The minimum Gasteiger partial charge on any atom is -0.383 e. The van der Waals surface area contributed by atoms with Crippen molar-refractivity contribution in [1.82, 2.24) is 15.0 Å². The molecule has 0 bridgehead atoms. The van der Waals surface area contributed by atoms with E-state index < -0.39 is 0 Å². The molecule has 0 unspecified atom stereocenters. The fourth-order valence-corrected chi connectivity index (χ4v) is 3.09. The van der Waals surface area contributed by atoms with Gasteiger partial charge in [-0.2, -0.15) is 0 Å². The first-order chi connectivity index (χ1) is 7.16. The predicted molar refractivity (Wildman–Crippen MR) is 65.1 cm³/mol. The molecule has 0 aliphatic carbocycles. The number of nitrogens with two attached hydrogens (primary N) is 1. The summed E-state index contributed by atoms with van der Waals surface area (Å²) < 4.78 is 1.68. The van der Waals surface area contributed by atoms with Crippen LogP contribution in [0, 0.1) is 6.92 Å². The number of aromatic nitrogens is 3. The zero-order chi connectivity index (χ0) is 10.8. The maximum Gasteiger partial charge on any atom is 0.156 e. The molecular formula is C8H7BrN4S2. The van der Waals surface area contributed by atoms with Gasteiger partial charge in [0.15, 0.2) is 4.34 Å². The molecule has 0 saturated carbocycles. The van der Waals surface area contributed by atoms with Gasteiger partial charge in [-0.3, -0.25) is 0 Å². The van der Waals surface area contributed by atoms with E-state index in [0.29, 0.717) is 5.82 Å². The van der Waals surface area contributed by atoms with Crippen molar-refractivity contribution in [2.75, 3.05) is 5.73 Å². The number of hydrogen-bond acceptors (Lipinski definition) is 6. The SMILES string of the molecule is Cc1csc(Sc2ncnc(N)c2Br)n1. The zero-order valence-corrected chi connectivity index (χ0v) is 11.0. The maximum absolute atomic E-state index is 5.65. The minimum absolute atomic E-state index is 0.445. The number of nitrogens with zero attached hydrogens (tertiary/aromatic N) is 3. The van der Waals surface area contributed by atoms with Crippen LogP contribution in [-0.4, -0.2) is 15.0 Å². The topological polar surface area (TPSA) is 64.7 Å². The van der Waals surface area contributed by atoms with E-state index in [-0.39, 0.29) is 0 Å². The molecule has 4 nitrogen and oxygen atoms in total. The smallest absolute Gasteiger partial charge is 0.156 e. The number of hydrogen-bond donors (Lipinski definition) is 1. The molecule has 0 atom stereocenters. The number of halogens is 1. The molecule has 2 aromatic rings. The fraction of sp³-hybridized carbons (Fsp3) is 0.125. The Labute approximate surface area is 103 Å². The third-order valence-electron chi connectivity index (χ3n) is 1.57. The first-order valence-corrected chi connectivity index (χ1v) is 6.51. The van der Waals surface area contributed by atoms with Crippen LogP contribution in [0.2, 0.25) is 0 Å². The van der Waals surface area contributed by atoms with Crippen LogP contribution in [0.3, 0.4) is 0 Å². The standard InChI is InChI=1S/C8H7BrN4S2/c1-4-2-14-8(13-4)15-7-5(9)6(10)11-3-12-7/h2-3H,1H3,(H2,10,11,12). The molecule has 15 heavy (non-hydrogen) atoms. The maximum atomic E-state index is 5.65. The number of nitrogen functional groups attached to an aromatic ring is 1. The Balaban J connectivity index is 2.28. The van der Waals surface area contributed by atoms with Gasteiger partial charge in [-0.15, -0.1) is 11.3 Å². The number of anilines is 1. The van der Waals surface area contributed by atoms with Crippen LogP contribution in [0.15, 0.2) is 25.5 Å². The van der Waals surface area contributed by atoms with Crippen molar-refractivity contribution in [2.24, 2.45) is 0 Å². The zero-order valence-electron chi connectivity index (χ0n) is 7.77. The molecule has 2 N–H and O–H groups in total. The molecule has 0 aromatic carbocycles. The molecule has 2 aromatic heterocycles. The summed E-state index contributed by atoms with van der Waals surface area (Å²) in [7, 11) is 0. The van der Waals surface area contributed by atoms with Gasteiger partial charge < -0.3 is 5.73 Å². The fourth-order valence-electron chi connectivity index (χ4n) is 0.900. The Kier molecular flexibility index (Phi) is 3.22. The summed E-state index contributed by atoms with van der Waals surface area (Å²) in [6.45, 7) is 1.96. The van der Waals surface area contributed by atoms with Crippen LogP contribution in [0.25, 0.3) is 0 Å². The lowest BCUT2D eigenvalue weighted by Crippen LogP contribution is -1.94. The lowest BCUT2D eigenvalue weighted by Gasteiger charge is -2.01. The summed E-state index contributed by atoms with van der Waals surface area (Å²) in [5, 5.41) is 2.79. The second-order valence-corrected chi connectivity index (χ2v) is 5.62. The molecule has 0 spiro atoms. The van der Waals surface area contributed by atoms with Gasteiger partial charge in [-0.25, -0.2) is 15.0 Å². The van der Waals surface area contributed by atoms with Gasteiger partial charge in [-0.05, 0) is 34.6 Å². The summed E-state index contributed by atoms with van der Waals surface area (Å²) in [6, 6.07) is 0. The lowest BCUT2D eigenvalue weighted by atomic mass is 10.6. The quantitative estimate of drug-likeness (QED) is 0.864. The van der Waals surface area contributed by atoms with Gasteiger partial charge in [-0.1, -0.05) is 0 Å². The Morgan fingerprint density at radius 2 is 2.27 bits per heavy atom. The van der Waals surface area contributed by atoms with Crippen LogP contribution >= 0.6 is 39.0 Å². The summed E-state index contributed by atoms with van der Waals surface area (Å²) in [6.07, 6.45) is 1.45. The molecule has 0 saturated heterocycles. The van der Waals surface area contributed by atoms with Crippen LogP contribution < -0.4 is 5.73 Å². The Bertz CT molecular complexity index is 485. The Morgan fingerprint density at radius 3 is 2.93 bits per heavy atom. The number of thiazole rings is 1. The molecular weight excluding hydrogens is 296 g/mol. The van der Waals surface area contributed by atoms with Crippen molar-refractivity contribution in [2.45, 2.75) is 16.3 Å². The summed E-state index contributed by atoms with van der Waals surface area (Å²) in [5.74, 6) is 0.445. The van der Waals surface area contributed by atoms with E-state index in [1.807, 2.05) is 12.3 Å². The van der Waals surface area contributed by atoms with E-state index in [1.54, 1.807) is 11.3 Å². The van der Waals surface area contributed by atoms with Crippen molar-refractivity contribution in [3.63, 3.8) is 0 Å². The van der Waals surface area contributed by atoms with Gasteiger partial charge >= 0.3 is 0 Å². The number of rotatable bonds is 2. The molecule has 0 aliphatic rings. The van der Waals surface area contributed by atoms with Crippen molar-refractivity contribution in [3.8, 4) is 0 Å². The Morgan fingerprint density at radius 1 is 1.47 bits per heavy atom. The molecule has 0 fully saturated rings. The minimum atomic E-state index is 0.445. The van der Waals surface area contributed by atoms with E-state index in [4.69, 9.17) is 5.73 Å². The van der Waals surface area contributed by atoms with Gasteiger partial charge in [0.25, 0.3) is 0 Å². The summed E-state index contributed by atoms with van der Waals surface area (Å²) in [4.78, 5) is 12.3. The largest absolute Gasteiger partial charge is 0.383 e. The van der Waals surface area contributed by atoms with E-state index in [9.17, 15) is 0 Å². The molecule has 0 radical (unpaired) electrons. The second-order valence-electron chi connectivity index (χ2n) is 2.73. The molecule has 7 heteroatoms. The number of aryl methyl sites for hydroxylation is 1. The van der Waals surface area contributed by atoms with Gasteiger partial charge in [0.2, 0.25) is 0 Å². The monoisotopic (exact) mass is 302 g/mol. The van der Waals surface area contributed by atoms with E-state index in [0.717, 1.165) is 19.5 Å². The van der Waals surface area contributed by atoms with Crippen molar-refractivity contribution in [3.05, 3.63) is 21.9 Å². The van der Waals surface area contributed by atoms with Gasteiger partial charge in [0.05, 0.1) is 4.47 Å². The second kappa shape index (κ2) is 4.46. The molecule has 2 rings (SSSR count). The average Bonchev–Trinajstić information content (AvgIpc) is 2.59. The molecule has 0 amide bonds. The van der Waals surface area contributed by atoms with E-state index in [1.165, 1.54) is 18.1 Å². The van der Waals surface area contributed by atoms with Gasteiger partial charge in [0, 0.05) is 11.1 Å². The highest BCUT2D eigenvalue weighted by atomic mass is 79.9. The Hall–Kier alpha value is -0.660.